The van der Waals surface area contributed by atoms with Crippen molar-refractivity contribution >= 4 is 5.69 Å². The van der Waals surface area contributed by atoms with Gasteiger partial charge in [-0.25, -0.2) is 0 Å². The molecule has 1 aliphatic rings. The summed E-state index contributed by atoms with van der Waals surface area (Å²) in [5.41, 5.74) is 3.30. The van der Waals surface area contributed by atoms with Crippen LogP contribution < -0.4 is 0 Å². The van der Waals surface area contributed by atoms with Crippen molar-refractivity contribution in [1.29, 1.82) is 0 Å². The lowest BCUT2D eigenvalue weighted by Crippen LogP contribution is -2.30. The first kappa shape index (κ1) is 15.5. The molecule has 0 radical (unpaired) electrons. The van der Waals surface area contributed by atoms with Crippen LogP contribution in [0.15, 0.2) is 53.1 Å². The van der Waals surface area contributed by atoms with Crippen LogP contribution in [0.1, 0.15) is 17.0 Å². The van der Waals surface area contributed by atoms with E-state index in [0.717, 1.165) is 19.5 Å². The van der Waals surface area contributed by atoms with Gasteiger partial charge in [-0.1, -0.05) is 41.6 Å². The van der Waals surface area contributed by atoms with E-state index in [9.17, 15) is 10.1 Å². The number of fused-ring (bicyclic) bond motifs is 1. The predicted molar refractivity (Wildman–Crippen MR) is 90.6 cm³/mol. The van der Waals surface area contributed by atoms with Crippen LogP contribution in [-0.2, 0) is 19.5 Å². The molecule has 7 heteroatoms. The summed E-state index contributed by atoms with van der Waals surface area (Å²) >= 11 is 0. The maximum atomic E-state index is 10.9. The number of nitro benzene ring substituents is 1. The Labute approximate surface area is 144 Å². The fourth-order valence-corrected chi connectivity index (χ4v) is 3.08. The molecule has 3 aromatic rings. The smallest absolute Gasteiger partial charge is 0.270 e. The molecule has 126 valence electrons. The molecule has 0 saturated heterocycles. The van der Waals surface area contributed by atoms with Gasteiger partial charge in [-0.3, -0.25) is 15.0 Å². The van der Waals surface area contributed by atoms with E-state index >= 15 is 0 Å². The molecular weight excluding hydrogens is 320 g/mol. The summed E-state index contributed by atoms with van der Waals surface area (Å²) in [5.74, 6) is 0.886. The van der Waals surface area contributed by atoms with Crippen LogP contribution >= 0.6 is 0 Å². The number of hydrogen-bond donors (Lipinski definition) is 0. The highest BCUT2D eigenvalue weighted by Crippen LogP contribution is 2.23. The lowest BCUT2D eigenvalue weighted by atomic mass is 10.00. The maximum absolute atomic E-state index is 10.9. The van der Waals surface area contributed by atoms with Gasteiger partial charge in [0.2, 0.25) is 11.7 Å². The first-order valence-electron chi connectivity index (χ1n) is 8.05. The second kappa shape index (κ2) is 6.45. The van der Waals surface area contributed by atoms with Crippen molar-refractivity contribution < 1.29 is 9.45 Å². The van der Waals surface area contributed by atoms with Crippen molar-refractivity contribution in [2.24, 2.45) is 0 Å². The average molecular weight is 336 g/mol. The van der Waals surface area contributed by atoms with Gasteiger partial charge >= 0.3 is 0 Å². The molecule has 0 aliphatic carbocycles. The van der Waals surface area contributed by atoms with Crippen molar-refractivity contribution in [2.75, 3.05) is 6.54 Å². The van der Waals surface area contributed by atoms with E-state index in [1.54, 1.807) is 12.1 Å². The molecule has 1 aromatic heterocycles. The van der Waals surface area contributed by atoms with Gasteiger partial charge in [0.15, 0.2) is 0 Å². The molecule has 0 bridgehead atoms. The van der Waals surface area contributed by atoms with Gasteiger partial charge in [0.25, 0.3) is 5.69 Å². The Hall–Kier alpha value is -3.06. The van der Waals surface area contributed by atoms with Crippen LogP contribution in [0.3, 0.4) is 0 Å². The minimum Gasteiger partial charge on any atom is -0.338 e. The quantitative estimate of drug-likeness (QED) is 0.537. The first-order valence-corrected chi connectivity index (χ1v) is 8.05. The summed E-state index contributed by atoms with van der Waals surface area (Å²) in [4.78, 5) is 17.1. The van der Waals surface area contributed by atoms with Gasteiger partial charge in [-0.2, -0.15) is 4.98 Å². The van der Waals surface area contributed by atoms with Crippen LogP contribution in [-0.4, -0.2) is 26.5 Å². The Kier molecular flexibility index (Phi) is 3.99. The van der Waals surface area contributed by atoms with E-state index < -0.39 is 4.92 Å². The summed E-state index contributed by atoms with van der Waals surface area (Å²) in [7, 11) is 0. The minimum atomic E-state index is -0.435. The first-order chi connectivity index (χ1) is 12.2. The lowest BCUT2D eigenvalue weighted by molar-refractivity contribution is -0.384. The van der Waals surface area contributed by atoms with E-state index in [4.69, 9.17) is 4.52 Å². The third-order valence-electron chi connectivity index (χ3n) is 4.35. The van der Waals surface area contributed by atoms with Crippen molar-refractivity contribution in [3.05, 3.63) is 75.7 Å². The van der Waals surface area contributed by atoms with Crippen molar-refractivity contribution in [3.63, 3.8) is 0 Å². The minimum absolute atomic E-state index is 0.0106. The molecule has 0 atom stereocenters. The summed E-state index contributed by atoms with van der Waals surface area (Å²) < 4.78 is 5.34. The molecule has 7 nitrogen and oxygen atoms in total. The van der Waals surface area contributed by atoms with Gasteiger partial charge in [-0.15, -0.1) is 0 Å². The molecule has 0 amide bonds. The van der Waals surface area contributed by atoms with Crippen LogP contribution in [0.5, 0.6) is 0 Å². The van der Waals surface area contributed by atoms with Gasteiger partial charge in [0.1, 0.15) is 0 Å². The molecule has 0 fully saturated rings. The van der Waals surface area contributed by atoms with Crippen LogP contribution in [0, 0.1) is 10.1 Å². The third-order valence-corrected chi connectivity index (χ3v) is 4.35. The number of aromatic nitrogens is 2. The third kappa shape index (κ3) is 3.27. The lowest BCUT2D eigenvalue weighted by Gasteiger charge is -2.27. The molecular formula is C18H16N4O3. The Morgan fingerprint density at radius 1 is 1.16 bits per heavy atom. The molecule has 2 aromatic carbocycles. The predicted octanol–water partition coefficient (Wildman–Crippen LogP) is 3.20. The van der Waals surface area contributed by atoms with Gasteiger partial charge in [-0.05, 0) is 17.5 Å². The Morgan fingerprint density at radius 3 is 2.84 bits per heavy atom. The van der Waals surface area contributed by atoms with E-state index in [2.05, 4.69) is 39.3 Å². The van der Waals surface area contributed by atoms with Crippen LogP contribution in [0.25, 0.3) is 11.4 Å². The normalized spacial score (nSPS) is 14.2. The second-order valence-electron chi connectivity index (χ2n) is 6.05. The number of nitro groups is 1. The Balaban J connectivity index is 1.49. The zero-order valence-electron chi connectivity index (χ0n) is 13.5. The average Bonchev–Trinajstić information content (AvgIpc) is 3.10. The Morgan fingerprint density at radius 2 is 2.00 bits per heavy atom. The van der Waals surface area contributed by atoms with Crippen molar-refractivity contribution in [1.82, 2.24) is 15.0 Å². The van der Waals surface area contributed by atoms with Gasteiger partial charge in [0.05, 0.1) is 11.5 Å². The summed E-state index contributed by atoms with van der Waals surface area (Å²) in [6.45, 7) is 2.35. The summed E-state index contributed by atoms with van der Waals surface area (Å²) in [5, 5.41) is 14.8. The monoisotopic (exact) mass is 336 g/mol. The highest BCUT2D eigenvalue weighted by molar-refractivity contribution is 5.58. The van der Waals surface area contributed by atoms with E-state index in [0.29, 0.717) is 23.8 Å². The van der Waals surface area contributed by atoms with E-state index in [1.165, 1.54) is 23.3 Å². The summed E-state index contributed by atoms with van der Waals surface area (Å²) in [6.07, 6.45) is 1.00. The zero-order valence-corrected chi connectivity index (χ0v) is 13.5. The number of rotatable bonds is 4. The molecule has 2 heterocycles. The van der Waals surface area contributed by atoms with Crippen molar-refractivity contribution in [2.45, 2.75) is 19.5 Å². The molecule has 0 unspecified atom stereocenters. The largest absolute Gasteiger partial charge is 0.338 e. The highest BCUT2D eigenvalue weighted by Gasteiger charge is 2.19. The number of nitrogens with zero attached hydrogens (tertiary/aromatic N) is 4. The summed E-state index contributed by atoms with van der Waals surface area (Å²) in [6, 6.07) is 14.7. The molecule has 4 rings (SSSR count). The zero-order chi connectivity index (χ0) is 17.2. The van der Waals surface area contributed by atoms with Crippen LogP contribution in [0.4, 0.5) is 5.69 Å². The SMILES string of the molecule is O=[N+]([O-])c1cccc(-c2noc(CN3CCc4ccccc4C3)n2)c1. The number of hydrogen-bond acceptors (Lipinski definition) is 6. The van der Waals surface area contributed by atoms with Gasteiger partial charge < -0.3 is 4.52 Å². The van der Waals surface area contributed by atoms with E-state index in [-0.39, 0.29) is 5.69 Å². The van der Waals surface area contributed by atoms with Gasteiger partial charge in [0, 0.05) is 30.8 Å². The second-order valence-corrected chi connectivity index (χ2v) is 6.05. The highest BCUT2D eigenvalue weighted by atomic mass is 16.6. The van der Waals surface area contributed by atoms with Crippen LogP contribution in [0.2, 0.25) is 0 Å². The maximum Gasteiger partial charge on any atom is 0.270 e. The molecule has 0 N–H and O–H groups in total. The fraction of sp³-hybridized carbons (Fsp3) is 0.222. The van der Waals surface area contributed by atoms with E-state index in [1.807, 2.05) is 0 Å². The Bertz CT molecular complexity index is 922. The molecule has 25 heavy (non-hydrogen) atoms. The number of non-ortho nitro benzene ring substituents is 1. The molecule has 0 spiro atoms. The van der Waals surface area contributed by atoms with Crippen molar-refractivity contribution in [3.8, 4) is 11.4 Å². The topological polar surface area (TPSA) is 85.3 Å². The number of benzene rings is 2. The fourth-order valence-electron chi connectivity index (χ4n) is 3.08. The molecule has 1 aliphatic heterocycles. The standard InChI is InChI=1S/C18H16N4O3/c23-22(24)16-7-3-6-14(10-16)18-19-17(25-20-18)12-21-9-8-13-4-1-2-5-15(13)11-21/h1-7,10H,8-9,11-12H2. The molecule has 0 saturated carbocycles.